The highest BCUT2D eigenvalue weighted by Gasteiger charge is 2.29. The van der Waals surface area contributed by atoms with Gasteiger partial charge in [0.1, 0.15) is 6.61 Å². The van der Waals surface area contributed by atoms with Crippen LogP contribution in [0, 0.1) is 0 Å². The molecule has 2 aliphatic rings. The lowest BCUT2D eigenvalue weighted by atomic mass is 9.98. The molecule has 1 aliphatic carbocycles. The molecule has 0 saturated carbocycles. The Morgan fingerprint density at radius 1 is 1.03 bits per heavy atom. The van der Waals surface area contributed by atoms with Crippen LogP contribution in [0.2, 0.25) is 0 Å². The average molecular weight is 499 g/mol. The number of hydrogen-bond donors (Lipinski definition) is 2. The zero-order valence-electron chi connectivity index (χ0n) is 19.5. The van der Waals surface area contributed by atoms with Gasteiger partial charge >= 0.3 is 12.1 Å². The van der Waals surface area contributed by atoms with E-state index in [1.807, 2.05) is 24.3 Å². The maximum atomic E-state index is 12.5. The molecule has 4 rings (SSSR count). The molecule has 1 saturated heterocycles. The SMILES string of the molecule is O=C(O)CC1CSCCN1C(=O)CCOCCNC(=O)OCC1c2ccccc2-c2ccccc21. The van der Waals surface area contributed by atoms with Crippen LogP contribution in [0.4, 0.5) is 4.79 Å². The molecule has 0 bridgehead atoms. The van der Waals surface area contributed by atoms with E-state index in [1.54, 1.807) is 16.7 Å². The van der Waals surface area contributed by atoms with E-state index >= 15 is 0 Å². The Bertz CT molecular complexity index is 1020. The standard InChI is InChI=1S/C26H30N2O6S/c29-24(28-11-14-35-17-18(28)15-25(30)31)9-12-33-13-10-27-26(32)34-16-23-21-7-3-1-5-19(21)20-6-2-4-8-22(20)23/h1-8,18,23H,9-17H2,(H,27,32)(H,30,31). The summed E-state index contributed by atoms with van der Waals surface area (Å²) in [4.78, 5) is 37.4. The van der Waals surface area contributed by atoms with Crippen molar-refractivity contribution in [2.75, 3.05) is 44.4 Å². The zero-order valence-corrected chi connectivity index (χ0v) is 20.3. The first-order valence-electron chi connectivity index (χ1n) is 11.8. The molecule has 2 aromatic carbocycles. The van der Waals surface area contributed by atoms with Gasteiger partial charge in [-0.25, -0.2) is 4.79 Å². The molecule has 1 atom stereocenters. The molecular weight excluding hydrogens is 468 g/mol. The van der Waals surface area contributed by atoms with Gasteiger partial charge in [-0.2, -0.15) is 11.8 Å². The molecule has 2 amide bonds. The van der Waals surface area contributed by atoms with Crippen LogP contribution in [0.15, 0.2) is 48.5 Å². The molecule has 9 heteroatoms. The van der Waals surface area contributed by atoms with Gasteiger partial charge in [-0.15, -0.1) is 0 Å². The van der Waals surface area contributed by atoms with Crippen LogP contribution in [0.3, 0.4) is 0 Å². The van der Waals surface area contributed by atoms with Gasteiger partial charge in [-0.3, -0.25) is 9.59 Å². The summed E-state index contributed by atoms with van der Waals surface area (Å²) in [7, 11) is 0. The number of alkyl carbamates (subject to hydrolysis) is 1. The van der Waals surface area contributed by atoms with E-state index in [9.17, 15) is 14.4 Å². The van der Waals surface area contributed by atoms with Crippen molar-refractivity contribution in [1.82, 2.24) is 10.2 Å². The van der Waals surface area contributed by atoms with Crippen LogP contribution in [0.1, 0.15) is 29.9 Å². The minimum Gasteiger partial charge on any atom is -0.481 e. The molecule has 0 radical (unpaired) electrons. The highest BCUT2D eigenvalue weighted by Crippen LogP contribution is 2.44. The Morgan fingerprint density at radius 2 is 1.71 bits per heavy atom. The van der Waals surface area contributed by atoms with Crippen LogP contribution < -0.4 is 5.32 Å². The summed E-state index contributed by atoms with van der Waals surface area (Å²) in [5, 5.41) is 11.7. The lowest BCUT2D eigenvalue weighted by Crippen LogP contribution is -2.47. The molecule has 8 nitrogen and oxygen atoms in total. The predicted octanol–water partition coefficient (Wildman–Crippen LogP) is 3.35. The Labute approximate surface area is 209 Å². The maximum Gasteiger partial charge on any atom is 0.407 e. The van der Waals surface area contributed by atoms with E-state index in [0.717, 1.165) is 16.9 Å². The normalized spacial score (nSPS) is 16.9. The summed E-state index contributed by atoms with van der Waals surface area (Å²) >= 11 is 1.67. The quantitative estimate of drug-likeness (QED) is 0.484. The summed E-state index contributed by atoms with van der Waals surface area (Å²) in [6, 6.07) is 16.1. The fourth-order valence-electron chi connectivity index (χ4n) is 4.63. The summed E-state index contributed by atoms with van der Waals surface area (Å²) in [5.41, 5.74) is 4.68. The van der Waals surface area contributed by atoms with Crippen molar-refractivity contribution < 1.29 is 29.0 Å². The fraction of sp³-hybridized carbons (Fsp3) is 0.423. The minimum atomic E-state index is -0.897. The average Bonchev–Trinajstić information content (AvgIpc) is 3.18. The largest absolute Gasteiger partial charge is 0.481 e. The fourth-order valence-corrected chi connectivity index (χ4v) is 5.70. The smallest absolute Gasteiger partial charge is 0.407 e. The van der Waals surface area contributed by atoms with Gasteiger partial charge in [-0.05, 0) is 22.3 Å². The second kappa shape index (κ2) is 12.1. The molecule has 0 spiro atoms. The van der Waals surface area contributed by atoms with Crippen molar-refractivity contribution in [3.8, 4) is 11.1 Å². The van der Waals surface area contributed by atoms with E-state index < -0.39 is 12.1 Å². The Hall–Kier alpha value is -3.04. The van der Waals surface area contributed by atoms with Crippen LogP contribution in [-0.2, 0) is 19.1 Å². The molecule has 1 heterocycles. The molecule has 2 aromatic rings. The minimum absolute atomic E-state index is 0.00792. The summed E-state index contributed by atoms with van der Waals surface area (Å²) < 4.78 is 11.0. The number of nitrogens with one attached hydrogen (secondary N) is 1. The second-order valence-corrected chi connectivity index (χ2v) is 9.68. The van der Waals surface area contributed by atoms with Crippen molar-refractivity contribution in [2.24, 2.45) is 0 Å². The Kier molecular flexibility index (Phi) is 8.65. The van der Waals surface area contributed by atoms with Crippen LogP contribution >= 0.6 is 11.8 Å². The number of nitrogens with zero attached hydrogens (tertiary/aromatic N) is 1. The predicted molar refractivity (Wildman–Crippen MR) is 134 cm³/mol. The Balaban J connectivity index is 1.14. The number of carbonyl (C=O) groups excluding carboxylic acids is 2. The number of aliphatic carboxylic acids is 1. The number of ether oxygens (including phenoxy) is 2. The third-order valence-corrected chi connectivity index (χ3v) is 7.37. The van der Waals surface area contributed by atoms with Crippen molar-refractivity contribution >= 4 is 29.7 Å². The molecule has 1 unspecified atom stereocenters. The van der Waals surface area contributed by atoms with Crippen molar-refractivity contribution in [1.29, 1.82) is 0 Å². The number of thioether (sulfide) groups is 1. The van der Waals surface area contributed by atoms with Gasteiger partial charge in [0, 0.05) is 30.5 Å². The number of fused-ring (bicyclic) bond motifs is 3. The number of carboxylic acids is 1. The van der Waals surface area contributed by atoms with E-state index in [0.29, 0.717) is 12.3 Å². The van der Waals surface area contributed by atoms with Gasteiger partial charge in [0.05, 0.1) is 32.1 Å². The van der Waals surface area contributed by atoms with Crippen LogP contribution in [0.5, 0.6) is 0 Å². The van der Waals surface area contributed by atoms with Crippen molar-refractivity contribution in [2.45, 2.75) is 24.8 Å². The second-order valence-electron chi connectivity index (χ2n) is 8.53. The number of carbonyl (C=O) groups is 3. The zero-order chi connectivity index (χ0) is 24.6. The van der Waals surface area contributed by atoms with Gasteiger partial charge in [0.25, 0.3) is 0 Å². The topological polar surface area (TPSA) is 105 Å². The highest BCUT2D eigenvalue weighted by molar-refractivity contribution is 7.99. The number of amides is 2. The number of hydrogen-bond acceptors (Lipinski definition) is 6. The monoisotopic (exact) mass is 498 g/mol. The lowest BCUT2D eigenvalue weighted by molar-refractivity contribution is -0.140. The number of carboxylic acid groups (broad SMARTS) is 1. The summed E-state index contributed by atoms with van der Waals surface area (Å²) in [5.74, 6) is 0.468. The van der Waals surface area contributed by atoms with Gasteiger partial charge < -0.3 is 24.8 Å². The van der Waals surface area contributed by atoms with Crippen LogP contribution in [0.25, 0.3) is 11.1 Å². The van der Waals surface area contributed by atoms with E-state index in [2.05, 4.69) is 29.6 Å². The number of benzene rings is 2. The molecule has 0 aromatic heterocycles. The Morgan fingerprint density at radius 3 is 2.40 bits per heavy atom. The van der Waals surface area contributed by atoms with E-state index in [1.165, 1.54) is 11.1 Å². The van der Waals surface area contributed by atoms with Gasteiger partial charge in [0.2, 0.25) is 5.91 Å². The van der Waals surface area contributed by atoms with Crippen molar-refractivity contribution in [3.63, 3.8) is 0 Å². The molecule has 2 N–H and O–H groups in total. The molecule has 1 fully saturated rings. The first kappa shape index (κ1) is 25.1. The lowest BCUT2D eigenvalue weighted by Gasteiger charge is -2.34. The third kappa shape index (κ3) is 6.35. The number of rotatable bonds is 10. The first-order valence-corrected chi connectivity index (χ1v) is 13.0. The molecular formula is C26H30N2O6S. The van der Waals surface area contributed by atoms with Crippen molar-refractivity contribution in [3.05, 3.63) is 59.7 Å². The highest BCUT2D eigenvalue weighted by atomic mass is 32.2. The van der Waals surface area contributed by atoms with Crippen LogP contribution in [-0.4, -0.2) is 78.4 Å². The van der Waals surface area contributed by atoms with Gasteiger partial charge in [-0.1, -0.05) is 48.5 Å². The molecule has 35 heavy (non-hydrogen) atoms. The maximum absolute atomic E-state index is 12.5. The van der Waals surface area contributed by atoms with E-state index in [-0.39, 0.29) is 57.1 Å². The third-order valence-electron chi connectivity index (χ3n) is 6.28. The summed E-state index contributed by atoms with van der Waals surface area (Å²) in [6.45, 7) is 1.55. The molecule has 1 aliphatic heterocycles. The van der Waals surface area contributed by atoms with Gasteiger partial charge in [0.15, 0.2) is 0 Å². The first-order chi connectivity index (χ1) is 17.0. The molecule has 186 valence electrons. The van der Waals surface area contributed by atoms with E-state index in [4.69, 9.17) is 14.6 Å². The summed E-state index contributed by atoms with van der Waals surface area (Å²) in [6.07, 6.45) is -0.357.